The molecule has 0 spiro atoms. The first-order chi connectivity index (χ1) is 11.6. The Labute approximate surface area is 152 Å². The molecule has 3 N–H and O–H groups in total. The smallest absolute Gasteiger partial charge is 0.256 e. The van der Waals surface area contributed by atoms with Crippen molar-refractivity contribution in [2.75, 3.05) is 12.4 Å². The molecule has 5 nitrogen and oxygen atoms in total. The Bertz CT molecular complexity index is 834. The van der Waals surface area contributed by atoms with Crippen LogP contribution in [0.4, 0.5) is 5.00 Å². The third kappa shape index (κ3) is 2.46. The number of thiophene rings is 1. The molecule has 24 heavy (non-hydrogen) atoms. The van der Waals surface area contributed by atoms with E-state index in [0.717, 1.165) is 35.4 Å². The van der Waals surface area contributed by atoms with Crippen molar-refractivity contribution < 1.29 is 14.6 Å². The highest BCUT2D eigenvalue weighted by Gasteiger charge is 2.32. The quantitative estimate of drug-likeness (QED) is 0.703. The maximum Gasteiger partial charge on any atom is 0.256 e. The molecule has 0 saturated heterocycles. The molecule has 7 heteroatoms. The number of aryl methyl sites for hydroxylation is 1. The van der Waals surface area contributed by atoms with Gasteiger partial charge in [-0.15, -0.1) is 11.3 Å². The van der Waals surface area contributed by atoms with Crippen LogP contribution in [0.5, 0.6) is 11.5 Å². The number of nitrogens with one attached hydrogen (secondary N) is 2. The largest absolute Gasteiger partial charge is 0.503 e. The topological polar surface area (TPSA) is 70.6 Å². The van der Waals surface area contributed by atoms with Crippen molar-refractivity contribution in [1.82, 2.24) is 5.32 Å². The number of amides is 1. The number of halogens is 1. The Kier molecular flexibility index (Phi) is 3.92. The van der Waals surface area contributed by atoms with Crippen LogP contribution in [0, 0.1) is 0 Å². The molecule has 2 aromatic rings. The van der Waals surface area contributed by atoms with Gasteiger partial charge in [0.15, 0.2) is 11.5 Å². The first-order valence-corrected chi connectivity index (χ1v) is 9.47. The van der Waals surface area contributed by atoms with Crippen molar-refractivity contribution in [3.05, 3.63) is 38.2 Å². The van der Waals surface area contributed by atoms with Gasteiger partial charge in [-0.1, -0.05) is 0 Å². The van der Waals surface area contributed by atoms with Gasteiger partial charge < -0.3 is 20.5 Å². The summed E-state index contributed by atoms with van der Waals surface area (Å²) in [6.07, 6.45) is 4.04. The zero-order chi connectivity index (χ0) is 16.8. The molecule has 2 heterocycles. The number of phenolic OH excluding ortho intramolecular Hbond substituents is 1. The van der Waals surface area contributed by atoms with Crippen LogP contribution >= 0.6 is 27.3 Å². The molecule has 1 aromatic heterocycles. The van der Waals surface area contributed by atoms with Crippen molar-refractivity contribution in [3.63, 3.8) is 0 Å². The summed E-state index contributed by atoms with van der Waals surface area (Å²) in [5.74, 6) is 0.388. The van der Waals surface area contributed by atoms with Gasteiger partial charge in [-0.2, -0.15) is 0 Å². The van der Waals surface area contributed by atoms with E-state index in [1.54, 1.807) is 23.5 Å². The molecule has 1 aliphatic carbocycles. The maximum absolute atomic E-state index is 12.7. The van der Waals surface area contributed by atoms with Crippen molar-refractivity contribution in [3.8, 4) is 11.5 Å². The number of rotatable bonds is 2. The van der Waals surface area contributed by atoms with Crippen LogP contribution in [0.1, 0.15) is 45.4 Å². The lowest BCUT2D eigenvalue weighted by Gasteiger charge is -2.27. The number of fused-ring (bicyclic) bond motifs is 3. The van der Waals surface area contributed by atoms with Crippen molar-refractivity contribution >= 4 is 38.2 Å². The number of phenols is 1. The number of hydrogen-bond donors (Lipinski definition) is 3. The Hall–Kier alpha value is -1.73. The Balaban J connectivity index is 1.72. The van der Waals surface area contributed by atoms with Crippen molar-refractivity contribution in [1.29, 1.82) is 0 Å². The summed E-state index contributed by atoms with van der Waals surface area (Å²) in [5.41, 5.74) is 2.85. The number of hydrogen-bond acceptors (Lipinski definition) is 5. The number of aromatic hydroxyl groups is 1. The SMILES string of the molecule is COc1cc(C2NC(=O)c3c(sc4c3CCCC4)N2)cc(Br)c1O. The van der Waals surface area contributed by atoms with Crippen LogP contribution in [-0.2, 0) is 12.8 Å². The second-order valence-corrected chi connectivity index (χ2v) is 7.98. The number of carbonyl (C=O) groups is 1. The molecule has 1 aromatic carbocycles. The highest BCUT2D eigenvalue weighted by Crippen LogP contribution is 2.43. The van der Waals surface area contributed by atoms with E-state index in [1.165, 1.54) is 24.0 Å². The van der Waals surface area contributed by atoms with Crippen molar-refractivity contribution in [2.24, 2.45) is 0 Å². The average molecular weight is 409 g/mol. The normalized spacial score (nSPS) is 19.1. The summed E-state index contributed by atoms with van der Waals surface area (Å²) >= 11 is 5.02. The maximum atomic E-state index is 12.7. The number of ether oxygens (including phenoxy) is 1. The van der Waals surface area contributed by atoms with Crippen LogP contribution < -0.4 is 15.4 Å². The average Bonchev–Trinajstić information content (AvgIpc) is 2.96. The molecule has 0 radical (unpaired) electrons. The standard InChI is InChI=1S/C17H17BrN2O3S/c1-23-11-7-8(6-10(18)14(11)21)15-19-16(22)13-9-4-2-3-5-12(9)24-17(13)20-15/h6-7,15,20-21H,2-5H2,1H3,(H,19,22). The first kappa shape index (κ1) is 15.8. The van der Waals surface area contributed by atoms with Crippen molar-refractivity contribution in [2.45, 2.75) is 31.8 Å². The van der Waals surface area contributed by atoms with E-state index in [4.69, 9.17) is 4.74 Å². The molecule has 0 saturated carbocycles. The Morgan fingerprint density at radius 3 is 2.88 bits per heavy atom. The van der Waals surface area contributed by atoms with Gasteiger partial charge in [-0.3, -0.25) is 4.79 Å². The fraction of sp³-hybridized carbons (Fsp3) is 0.353. The third-order valence-corrected chi connectivity index (χ3v) is 6.38. The predicted octanol–water partition coefficient (Wildman–Crippen LogP) is 3.96. The lowest BCUT2D eigenvalue weighted by Crippen LogP contribution is -2.38. The molecule has 1 aliphatic heterocycles. The fourth-order valence-corrected chi connectivity index (χ4v) is 5.14. The summed E-state index contributed by atoms with van der Waals surface area (Å²) in [7, 11) is 1.50. The minimum atomic E-state index is -0.351. The number of anilines is 1. The van der Waals surface area contributed by atoms with Gasteiger partial charge in [0.25, 0.3) is 5.91 Å². The summed E-state index contributed by atoms with van der Waals surface area (Å²) in [6.45, 7) is 0. The molecular formula is C17H17BrN2O3S. The lowest BCUT2D eigenvalue weighted by atomic mass is 9.94. The second kappa shape index (κ2) is 5.97. The summed E-state index contributed by atoms with van der Waals surface area (Å²) in [5, 5.41) is 17.4. The van der Waals surface area contributed by atoms with E-state index in [0.29, 0.717) is 10.2 Å². The highest BCUT2D eigenvalue weighted by molar-refractivity contribution is 9.10. The van der Waals surface area contributed by atoms with Gasteiger partial charge in [0, 0.05) is 4.88 Å². The summed E-state index contributed by atoms with van der Waals surface area (Å²) in [4.78, 5) is 14.0. The van der Waals surface area contributed by atoms with E-state index in [1.807, 2.05) is 0 Å². The van der Waals surface area contributed by atoms with Crippen LogP contribution in [0.25, 0.3) is 0 Å². The van der Waals surface area contributed by atoms with Crippen LogP contribution in [0.3, 0.4) is 0 Å². The van der Waals surface area contributed by atoms with Crippen LogP contribution in [-0.4, -0.2) is 18.1 Å². The van der Waals surface area contributed by atoms with E-state index < -0.39 is 0 Å². The minimum Gasteiger partial charge on any atom is -0.503 e. The molecule has 0 bridgehead atoms. The van der Waals surface area contributed by atoms with Crippen LogP contribution in [0.2, 0.25) is 0 Å². The van der Waals surface area contributed by atoms with Gasteiger partial charge in [-0.25, -0.2) is 0 Å². The molecule has 126 valence electrons. The third-order valence-electron chi connectivity index (χ3n) is 4.55. The zero-order valence-corrected chi connectivity index (χ0v) is 15.5. The Morgan fingerprint density at radius 2 is 2.08 bits per heavy atom. The molecule has 4 rings (SSSR count). The molecule has 1 atom stereocenters. The van der Waals surface area contributed by atoms with Gasteiger partial charge in [0.2, 0.25) is 0 Å². The minimum absolute atomic E-state index is 0.0312. The monoisotopic (exact) mass is 408 g/mol. The fourth-order valence-electron chi connectivity index (χ4n) is 3.36. The Morgan fingerprint density at radius 1 is 1.29 bits per heavy atom. The molecular weight excluding hydrogens is 392 g/mol. The van der Waals surface area contributed by atoms with Crippen LogP contribution in [0.15, 0.2) is 16.6 Å². The van der Waals surface area contributed by atoms with Gasteiger partial charge in [0.05, 0.1) is 17.1 Å². The molecule has 2 aliphatic rings. The predicted molar refractivity (Wildman–Crippen MR) is 97.1 cm³/mol. The highest BCUT2D eigenvalue weighted by atomic mass is 79.9. The lowest BCUT2D eigenvalue weighted by molar-refractivity contribution is 0.0935. The second-order valence-electron chi connectivity index (χ2n) is 6.02. The zero-order valence-electron chi connectivity index (χ0n) is 13.1. The van der Waals surface area contributed by atoms with Gasteiger partial charge >= 0.3 is 0 Å². The van der Waals surface area contributed by atoms with E-state index in [9.17, 15) is 9.90 Å². The van der Waals surface area contributed by atoms with E-state index >= 15 is 0 Å². The molecule has 1 amide bonds. The van der Waals surface area contributed by atoms with Gasteiger partial charge in [0.1, 0.15) is 11.2 Å². The summed E-state index contributed by atoms with van der Waals surface area (Å²) < 4.78 is 5.73. The number of carbonyl (C=O) groups excluding carboxylic acids is 1. The van der Waals surface area contributed by atoms with E-state index in [2.05, 4.69) is 26.6 Å². The molecule has 1 unspecified atom stereocenters. The first-order valence-electron chi connectivity index (χ1n) is 7.87. The summed E-state index contributed by atoms with van der Waals surface area (Å²) in [6, 6.07) is 3.52. The van der Waals surface area contributed by atoms with E-state index in [-0.39, 0.29) is 17.8 Å². The number of methoxy groups -OCH3 is 1. The van der Waals surface area contributed by atoms with Gasteiger partial charge in [-0.05, 0) is 64.9 Å². The molecule has 0 fully saturated rings. The number of benzene rings is 1.